The van der Waals surface area contributed by atoms with Crippen LogP contribution in [-0.4, -0.2) is 88.3 Å². The van der Waals surface area contributed by atoms with Gasteiger partial charge in [0.15, 0.2) is 5.16 Å². The lowest BCUT2D eigenvalue weighted by Gasteiger charge is -2.31. The Balaban J connectivity index is 0.000000547. The zero-order chi connectivity index (χ0) is 23.5. The number of fused-ring (bicyclic) bond motifs is 3. The van der Waals surface area contributed by atoms with Crippen molar-refractivity contribution in [3.05, 3.63) is 29.3 Å². The summed E-state index contributed by atoms with van der Waals surface area (Å²) in [5.41, 5.74) is 2.20. The molecule has 12 heteroatoms. The summed E-state index contributed by atoms with van der Waals surface area (Å²) in [4.78, 5) is 30.7. The molecule has 2 N–H and O–H groups in total. The Labute approximate surface area is 190 Å². The normalized spacial score (nSPS) is 20.2. The van der Waals surface area contributed by atoms with Crippen molar-refractivity contribution < 1.29 is 29.1 Å². The highest BCUT2D eigenvalue weighted by atomic mass is 32.2. The van der Waals surface area contributed by atoms with Gasteiger partial charge in [-0.1, -0.05) is 16.9 Å². The maximum atomic E-state index is 8.36. The maximum absolute atomic E-state index is 8.36. The van der Waals surface area contributed by atoms with E-state index < -0.39 is 0 Å². The van der Waals surface area contributed by atoms with Gasteiger partial charge in [-0.25, -0.2) is 9.97 Å². The summed E-state index contributed by atoms with van der Waals surface area (Å²) in [6.07, 6.45) is 3.86. The Kier molecular flexibility index (Phi) is 10.4. The Morgan fingerprint density at radius 2 is 1.91 bits per heavy atom. The monoisotopic (exact) mass is 467 g/mol. The molecule has 32 heavy (non-hydrogen) atoms. The standard InChI is InChI=1S/C18H25N5O2S.2CH2O2/c1-12-16(13(2)25-21-12)9-22-6-14-7-23(15(8-22)11-24-10-14)17-4-5-19-18(20-17)26-3;2*2-1-3/h4-5,14-15H,6-11H2,1-3H3;2*1H,(H,2,3)/t14-,15-;;/m0../s1. The van der Waals surface area contributed by atoms with Crippen molar-refractivity contribution in [3.63, 3.8) is 0 Å². The van der Waals surface area contributed by atoms with E-state index in [1.54, 1.807) is 11.8 Å². The first-order valence-corrected chi connectivity index (χ1v) is 11.2. The quantitative estimate of drug-likeness (QED) is 0.382. The summed E-state index contributed by atoms with van der Waals surface area (Å²) in [5.74, 6) is 2.38. The molecule has 0 unspecified atom stereocenters. The predicted molar refractivity (Wildman–Crippen MR) is 118 cm³/mol. The Morgan fingerprint density at radius 3 is 2.53 bits per heavy atom. The Bertz CT molecular complexity index is 841. The third-order valence-corrected chi connectivity index (χ3v) is 5.77. The van der Waals surface area contributed by atoms with Crippen LogP contribution in [0.15, 0.2) is 21.9 Å². The van der Waals surface area contributed by atoms with Crippen molar-refractivity contribution in [2.45, 2.75) is 31.6 Å². The number of anilines is 1. The summed E-state index contributed by atoms with van der Waals surface area (Å²) in [6.45, 7) is 8.84. The molecule has 0 saturated carbocycles. The largest absolute Gasteiger partial charge is 0.483 e. The first-order chi connectivity index (χ1) is 15.5. The van der Waals surface area contributed by atoms with Crippen LogP contribution in [0.1, 0.15) is 17.0 Å². The third kappa shape index (κ3) is 6.90. The third-order valence-electron chi connectivity index (χ3n) is 5.20. The smallest absolute Gasteiger partial charge is 0.290 e. The van der Waals surface area contributed by atoms with E-state index in [0.717, 1.165) is 61.8 Å². The number of ether oxygens (including phenoxy) is 1. The lowest BCUT2D eigenvalue weighted by atomic mass is 10.1. The summed E-state index contributed by atoms with van der Waals surface area (Å²) >= 11 is 1.58. The molecular formula is C20H29N5O6S. The van der Waals surface area contributed by atoms with Gasteiger partial charge in [0.05, 0.1) is 24.9 Å². The average molecular weight is 468 g/mol. The predicted octanol–water partition coefficient (Wildman–Crippen LogP) is 1.54. The summed E-state index contributed by atoms with van der Waals surface area (Å²) in [6, 6.07) is 2.30. The molecule has 2 saturated heterocycles. The van der Waals surface area contributed by atoms with Gasteiger partial charge in [-0.2, -0.15) is 0 Å². The summed E-state index contributed by atoms with van der Waals surface area (Å²) in [7, 11) is 0. The molecule has 0 aliphatic carbocycles. The van der Waals surface area contributed by atoms with Crippen molar-refractivity contribution >= 4 is 30.5 Å². The van der Waals surface area contributed by atoms with Crippen LogP contribution in [0.5, 0.6) is 0 Å². The number of aryl methyl sites for hydroxylation is 2. The van der Waals surface area contributed by atoms with Gasteiger partial charge < -0.3 is 24.4 Å². The number of carboxylic acid groups (broad SMARTS) is 2. The lowest BCUT2D eigenvalue weighted by Crippen LogP contribution is -2.44. The van der Waals surface area contributed by atoms with Crippen LogP contribution in [0, 0.1) is 19.8 Å². The number of carbonyl (C=O) groups is 2. The van der Waals surface area contributed by atoms with Crippen molar-refractivity contribution in [2.24, 2.45) is 5.92 Å². The molecule has 0 amide bonds. The number of hydrogen-bond donors (Lipinski definition) is 2. The molecule has 2 aromatic heterocycles. The maximum Gasteiger partial charge on any atom is 0.290 e. The molecule has 2 bridgehead atoms. The van der Waals surface area contributed by atoms with Crippen LogP contribution in [-0.2, 0) is 20.9 Å². The van der Waals surface area contributed by atoms with E-state index in [1.165, 1.54) is 5.56 Å². The van der Waals surface area contributed by atoms with Gasteiger partial charge in [0.2, 0.25) is 0 Å². The van der Waals surface area contributed by atoms with Crippen LogP contribution in [0.25, 0.3) is 0 Å². The van der Waals surface area contributed by atoms with E-state index in [2.05, 4.69) is 19.9 Å². The van der Waals surface area contributed by atoms with E-state index in [9.17, 15) is 0 Å². The lowest BCUT2D eigenvalue weighted by molar-refractivity contribution is -0.123. The van der Waals surface area contributed by atoms with Crippen LogP contribution < -0.4 is 4.90 Å². The zero-order valence-electron chi connectivity index (χ0n) is 18.4. The highest BCUT2D eigenvalue weighted by molar-refractivity contribution is 7.98. The first kappa shape index (κ1) is 25.6. The molecule has 2 aromatic rings. The number of aromatic nitrogens is 3. The minimum atomic E-state index is -0.250. The van der Waals surface area contributed by atoms with Crippen molar-refractivity contribution in [1.82, 2.24) is 20.0 Å². The number of rotatable bonds is 4. The van der Waals surface area contributed by atoms with Gasteiger partial charge in [-0.15, -0.1) is 0 Å². The number of nitrogens with zero attached hydrogens (tertiary/aromatic N) is 5. The molecule has 2 aliphatic heterocycles. The van der Waals surface area contributed by atoms with E-state index >= 15 is 0 Å². The van der Waals surface area contributed by atoms with Gasteiger partial charge >= 0.3 is 0 Å². The Hall–Kier alpha value is -2.70. The van der Waals surface area contributed by atoms with Crippen molar-refractivity contribution in [3.8, 4) is 0 Å². The zero-order valence-corrected chi connectivity index (χ0v) is 19.2. The molecule has 0 radical (unpaired) electrons. The number of thioether (sulfide) groups is 1. The van der Waals surface area contributed by atoms with Gasteiger partial charge in [-0.3, -0.25) is 14.5 Å². The van der Waals surface area contributed by atoms with Gasteiger partial charge in [-0.05, 0) is 26.2 Å². The fraction of sp³-hybridized carbons (Fsp3) is 0.550. The van der Waals surface area contributed by atoms with Crippen molar-refractivity contribution in [1.29, 1.82) is 0 Å². The van der Waals surface area contributed by atoms with Crippen LogP contribution in [0.3, 0.4) is 0 Å². The first-order valence-electron chi connectivity index (χ1n) is 9.98. The van der Waals surface area contributed by atoms with Crippen LogP contribution in [0.2, 0.25) is 0 Å². The summed E-state index contributed by atoms with van der Waals surface area (Å²) < 4.78 is 11.3. The van der Waals surface area contributed by atoms with E-state index in [4.69, 9.17) is 34.0 Å². The molecule has 4 heterocycles. The van der Waals surface area contributed by atoms with Crippen molar-refractivity contribution in [2.75, 3.05) is 44.0 Å². The minimum Gasteiger partial charge on any atom is -0.483 e. The summed E-state index contributed by atoms with van der Waals surface area (Å²) in [5, 5.41) is 18.7. The molecule has 0 aromatic carbocycles. The average Bonchev–Trinajstić information content (AvgIpc) is 2.93. The van der Waals surface area contributed by atoms with Crippen LogP contribution >= 0.6 is 11.8 Å². The molecule has 176 valence electrons. The SMILES string of the molecule is CSc1nccc(N2C[C@H]3COC[C@@H]2CN(Cc2c(C)noc2C)C3)n1.O=CO.O=CO. The van der Waals surface area contributed by atoms with Gasteiger partial charge in [0.25, 0.3) is 12.9 Å². The fourth-order valence-electron chi connectivity index (χ4n) is 3.89. The second-order valence-corrected chi connectivity index (χ2v) is 8.09. The van der Waals surface area contributed by atoms with Gasteiger partial charge in [0.1, 0.15) is 11.6 Å². The molecule has 2 aliphatic rings. The Morgan fingerprint density at radius 1 is 1.19 bits per heavy atom. The van der Waals surface area contributed by atoms with Gasteiger partial charge in [0, 0.05) is 43.9 Å². The topological polar surface area (TPSA) is 142 Å². The second kappa shape index (κ2) is 13.0. The molecular weight excluding hydrogens is 438 g/mol. The van der Waals surface area contributed by atoms with Crippen LogP contribution in [0.4, 0.5) is 5.82 Å². The van der Waals surface area contributed by atoms with E-state index in [1.807, 2.05) is 32.4 Å². The molecule has 0 spiro atoms. The second-order valence-electron chi connectivity index (χ2n) is 7.32. The molecule has 11 nitrogen and oxygen atoms in total. The molecule has 2 fully saturated rings. The number of hydrogen-bond acceptors (Lipinski definition) is 10. The van der Waals surface area contributed by atoms with E-state index in [0.29, 0.717) is 5.92 Å². The fourth-order valence-corrected chi connectivity index (χ4v) is 4.24. The molecule has 2 atom stereocenters. The molecule has 4 rings (SSSR count). The van der Waals surface area contributed by atoms with E-state index in [-0.39, 0.29) is 19.0 Å². The minimum absolute atomic E-state index is 0.250. The highest BCUT2D eigenvalue weighted by Crippen LogP contribution is 2.27. The highest BCUT2D eigenvalue weighted by Gasteiger charge is 2.34.